The molecule has 2 rings (SSSR count). The highest BCUT2D eigenvalue weighted by molar-refractivity contribution is 5.95. The number of amides is 1. The number of carbonyl (C=O) groups excluding carboxylic acids is 1. The fourth-order valence-electron chi connectivity index (χ4n) is 2.74. The summed E-state index contributed by atoms with van der Waals surface area (Å²) in [7, 11) is 0. The summed E-state index contributed by atoms with van der Waals surface area (Å²) in [4.78, 5) is 23.6. The molecule has 1 aliphatic rings. The Balaban J connectivity index is 2.05. The van der Waals surface area contributed by atoms with Crippen molar-refractivity contribution in [3.05, 3.63) is 42.0 Å². The number of nitrogens with one attached hydrogen (secondary N) is 1. The van der Waals surface area contributed by atoms with Crippen LogP contribution in [0.15, 0.2) is 36.4 Å². The number of carboxylic acid groups (broad SMARTS) is 1. The number of hydrogen-bond acceptors (Lipinski definition) is 2. The third-order valence-corrected chi connectivity index (χ3v) is 4.45. The van der Waals surface area contributed by atoms with Crippen molar-refractivity contribution in [1.82, 2.24) is 0 Å². The minimum atomic E-state index is -0.906. The van der Waals surface area contributed by atoms with Crippen molar-refractivity contribution in [2.24, 2.45) is 11.8 Å². The number of benzene rings is 1. The van der Waals surface area contributed by atoms with Gasteiger partial charge in [-0.1, -0.05) is 38.1 Å². The van der Waals surface area contributed by atoms with Crippen molar-refractivity contribution in [1.29, 1.82) is 0 Å². The van der Waals surface area contributed by atoms with Crippen molar-refractivity contribution in [2.75, 3.05) is 5.32 Å². The largest absolute Gasteiger partial charge is 0.481 e. The summed E-state index contributed by atoms with van der Waals surface area (Å²) >= 11 is 0. The van der Waals surface area contributed by atoms with Crippen LogP contribution >= 0.6 is 0 Å². The molecule has 4 heteroatoms. The van der Waals surface area contributed by atoms with E-state index in [1.807, 2.05) is 36.4 Å². The second kappa shape index (κ2) is 7.25. The van der Waals surface area contributed by atoms with E-state index in [0.717, 1.165) is 12.1 Å². The molecule has 0 saturated heterocycles. The Bertz CT molecular complexity index is 562. The van der Waals surface area contributed by atoms with Gasteiger partial charge in [-0.25, -0.2) is 0 Å². The van der Waals surface area contributed by atoms with Crippen molar-refractivity contribution in [2.45, 2.75) is 39.0 Å². The van der Waals surface area contributed by atoms with Gasteiger partial charge in [0.2, 0.25) is 5.91 Å². The smallest absolute Gasteiger partial charge is 0.307 e. The van der Waals surface area contributed by atoms with Crippen LogP contribution < -0.4 is 5.32 Å². The molecule has 2 N–H and O–H groups in total. The minimum Gasteiger partial charge on any atom is -0.481 e. The van der Waals surface area contributed by atoms with Crippen LogP contribution in [-0.2, 0) is 9.59 Å². The van der Waals surface area contributed by atoms with Gasteiger partial charge in [-0.2, -0.15) is 0 Å². The van der Waals surface area contributed by atoms with Crippen LogP contribution in [0.1, 0.15) is 44.6 Å². The van der Waals surface area contributed by atoms with Gasteiger partial charge in [0.1, 0.15) is 0 Å². The number of allylic oxidation sites excluding steroid dienone is 2. The quantitative estimate of drug-likeness (QED) is 0.813. The van der Waals surface area contributed by atoms with E-state index in [0.29, 0.717) is 18.8 Å². The molecule has 0 radical (unpaired) electrons. The molecular weight excluding hydrogens is 278 g/mol. The first-order valence-electron chi connectivity index (χ1n) is 7.81. The van der Waals surface area contributed by atoms with Crippen LogP contribution in [0.3, 0.4) is 0 Å². The summed E-state index contributed by atoms with van der Waals surface area (Å²) in [6, 6.07) is 7.79. The molecule has 0 spiro atoms. The average Bonchev–Trinajstić information content (AvgIpc) is 2.54. The standard InChI is InChI=1S/C18H23NO3/c1-3-12(2)13-8-10-14(11-9-13)19-17(20)15-6-4-5-7-16(15)18(21)22/h4-5,8-12,15-16H,3,6-7H2,1-2H3,(H,19,20)(H,21,22)/t12-,15-,16+/m0/s1. The average molecular weight is 301 g/mol. The molecule has 118 valence electrons. The third-order valence-electron chi connectivity index (χ3n) is 4.45. The fraction of sp³-hybridized carbons (Fsp3) is 0.444. The topological polar surface area (TPSA) is 66.4 Å². The van der Waals surface area contributed by atoms with Crippen LogP contribution in [0.2, 0.25) is 0 Å². The van der Waals surface area contributed by atoms with Gasteiger partial charge in [0.25, 0.3) is 0 Å². The van der Waals surface area contributed by atoms with E-state index in [9.17, 15) is 14.7 Å². The minimum absolute atomic E-state index is 0.215. The Kier molecular flexibility index (Phi) is 5.36. The molecule has 3 atom stereocenters. The number of rotatable bonds is 5. The molecule has 0 aliphatic heterocycles. The third kappa shape index (κ3) is 3.75. The zero-order chi connectivity index (χ0) is 16.1. The second-order valence-corrected chi connectivity index (χ2v) is 5.91. The lowest BCUT2D eigenvalue weighted by atomic mass is 9.82. The van der Waals surface area contributed by atoms with Gasteiger partial charge in [-0.3, -0.25) is 9.59 Å². The Morgan fingerprint density at radius 1 is 1.18 bits per heavy atom. The van der Waals surface area contributed by atoms with E-state index in [4.69, 9.17) is 0 Å². The summed E-state index contributed by atoms with van der Waals surface area (Å²) in [5, 5.41) is 12.1. The lowest BCUT2D eigenvalue weighted by molar-refractivity contribution is -0.146. The molecule has 0 heterocycles. The lowest BCUT2D eigenvalue weighted by Crippen LogP contribution is -2.34. The maximum Gasteiger partial charge on any atom is 0.307 e. The van der Waals surface area contributed by atoms with Gasteiger partial charge in [0.15, 0.2) is 0 Å². The van der Waals surface area contributed by atoms with Crippen LogP contribution in [0, 0.1) is 11.8 Å². The lowest BCUT2D eigenvalue weighted by Gasteiger charge is -2.24. The van der Waals surface area contributed by atoms with E-state index in [2.05, 4.69) is 19.2 Å². The van der Waals surface area contributed by atoms with Crippen molar-refractivity contribution < 1.29 is 14.7 Å². The Morgan fingerprint density at radius 2 is 1.77 bits per heavy atom. The summed E-state index contributed by atoms with van der Waals surface area (Å²) in [6.45, 7) is 4.31. The molecule has 4 nitrogen and oxygen atoms in total. The molecule has 0 unspecified atom stereocenters. The Labute approximate surface area is 131 Å². The zero-order valence-electron chi connectivity index (χ0n) is 13.1. The normalized spacial score (nSPS) is 22.1. The van der Waals surface area contributed by atoms with Crippen LogP contribution in [0.25, 0.3) is 0 Å². The summed E-state index contributed by atoms with van der Waals surface area (Å²) < 4.78 is 0. The highest BCUT2D eigenvalue weighted by Crippen LogP contribution is 2.27. The molecule has 1 amide bonds. The number of aliphatic carboxylic acids is 1. The first kappa shape index (κ1) is 16.3. The van der Waals surface area contributed by atoms with E-state index < -0.39 is 17.8 Å². The van der Waals surface area contributed by atoms with Gasteiger partial charge in [-0.15, -0.1) is 0 Å². The Hall–Kier alpha value is -2.10. The van der Waals surface area contributed by atoms with Crippen molar-refractivity contribution in [3.8, 4) is 0 Å². The van der Waals surface area contributed by atoms with Gasteiger partial charge < -0.3 is 10.4 Å². The SMILES string of the molecule is CC[C@H](C)c1ccc(NC(=O)[C@H]2CC=CC[C@H]2C(=O)O)cc1. The van der Waals surface area contributed by atoms with Gasteiger partial charge in [0.05, 0.1) is 11.8 Å². The molecular formula is C18H23NO3. The molecule has 22 heavy (non-hydrogen) atoms. The molecule has 1 aliphatic carbocycles. The zero-order valence-corrected chi connectivity index (χ0v) is 13.1. The molecule has 0 aromatic heterocycles. The van der Waals surface area contributed by atoms with Crippen LogP contribution in [-0.4, -0.2) is 17.0 Å². The number of anilines is 1. The maximum atomic E-state index is 12.3. The maximum absolute atomic E-state index is 12.3. The molecule has 1 aromatic carbocycles. The van der Waals surface area contributed by atoms with E-state index in [-0.39, 0.29) is 5.91 Å². The summed E-state index contributed by atoms with van der Waals surface area (Å²) in [5.74, 6) is -1.77. The number of carboxylic acids is 1. The first-order valence-corrected chi connectivity index (χ1v) is 7.81. The predicted octanol–water partition coefficient (Wildman–Crippen LogP) is 3.81. The summed E-state index contributed by atoms with van der Waals surface area (Å²) in [5.41, 5.74) is 1.96. The first-order chi connectivity index (χ1) is 10.5. The highest BCUT2D eigenvalue weighted by atomic mass is 16.4. The number of carbonyl (C=O) groups is 2. The van der Waals surface area contributed by atoms with Gasteiger partial charge in [-0.05, 0) is 42.9 Å². The fourth-order valence-corrected chi connectivity index (χ4v) is 2.74. The Morgan fingerprint density at radius 3 is 2.32 bits per heavy atom. The molecule has 0 fully saturated rings. The van der Waals surface area contributed by atoms with Crippen LogP contribution in [0.5, 0.6) is 0 Å². The van der Waals surface area contributed by atoms with Crippen molar-refractivity contribution in [3.63, 3.8) is 0 Å². The van der Waals surface area contributed by atoms with Gasteiger partial charge in [0, 0.05) is 5.69 Å². The monoisotopic (exact) mass is 301 g/mol. The van der Waals surface area contributed by atoms with Crippen LogP contribution in [0.4, 0.5) is 5.69 Å². The highest BCUT2D eigenvalue weighted by Gasteiger charge is 2.33. The molecule has 0 saturated carbocycles. The van der Waals surface area contributed by atoms with Crippen molar-refractivity contribution >= 4 is 17.6 Å². The van der Waals surface area contributed by atoms with E-state index in [1.165, 1.54) is 5.56 Å². The number of hydrogen-bond donors (Lipinski definition) is 2. The summed E-state index contributed by atoms with van der Waals surface area (Å²) in [6.07, 6.45) is 5.69. The van der Waals surface area contributed by atoms with Gasteiger partial charge >= 0.3 is 5.97 Å². The molecule has 1 aromatic rings. The second-order valence-electron chi connectivity index (χ2n) is 5.91. The predicted molar refractivity (Wildman–Crippen MR) is 86.8 cm³/mol. The van der Waals surface area contributed by atoms with E-state index >= 15 is 0 Å². The van der Waals surface area contributed by atoms with E-state index in [1.54, 1.807) is 0 Å². The molecule has 0 bridgehead atoms.